The summed E-state index contributed by atoms with van der Waals surface area (Å²) in [7, 11) is 0. The number of amides is 1. The molecule has 1 atom stereocenters. The van der Waals surface area contributed by atoms with Crippen LogP contribution in [-0.4, -0.2) is 27.3 Å². The average Bonchev–Trinajstić information content (AvgIpc) is 2.57. The highest BCUT2D eigenvalue weighted by Gasteiger charge is 2.22. The number of halogens is 2. The molecule has 0 saturated carbocycles. The first-order chi connectivity index (χ1) is 11.7. The molecule has 0 aromatic heterocycles. The van der Waals surface area contributed by atoms with Crippen LogP contribution in [0.4, 0.5) is 11.4 Å². The monoisotopic (exact) mass is 382 g/mol. The van der Waals surface area contributed by atoms with Crippen molar-refractivity contribution in [3.63, 3.8) is 0 Å². The van der Waals surface area contributed by atoms with Gasteiger partial charge in [0.05, 0.1) is 33.0 Å². The number of para-hydroxylation sites is 1. The van der Waals surface area contributed by atoms with E-state index < -0.39 is 17.9 Å². The molecule has 0 spiro atoms. The second-order valence-corrected chi connectivity index (χ2v) is 6.13. The summed E-state index contributed by atoms with van der Waals surface area (Å²) in [5.41, 5.74) is 1.12. The summed E-state index contributed by atoms with van der Waals surface area (Å²) in [5.74, 6) is -1.64. The molecule has 0 aliphatic carbocycles. The molecule has 0 aliphatic heterocycles. The van der Waals surface area contributed by atoms with Gasteiger partial charge in [-0.3, -0.25) is 10.0 Å². The summed E-state index contributed by atoms with van der Waals surface area (Å²) < 4.78 is 0. The summed E-state index contributed by atoms with van der Waals surface area (Å²) >= 11 is 12.6. The standard InChI is InChI=1S/C17H16Cl2N2O4/c1-9(21(25)10(2)22)11-7-8-13(18)16(15(11)19)20-14-6-4-3-5-12(14)17(23)24/h3-9,20,25H,1-2H3,(H,23,24). The van der Waals surface area contributed by atoms with Crippen LogP contribution in [0.3, 0.4) is 0 Å². The fourth-order valence-electron chi connectivity index (χ4n) is 2.32. The Hall–Kier alpha value is -2.28. The van der Waals surface area contributed by atoms with E-state index in [4.69, 9.17) is 23.2 Å². The molecule has 3 N–H and O–H groups in total. The van der Waals surface area contributed by atoms with Gasteiger partial charge in [-0.1, -0.05) is 41.4 Å². The van der Waals surface area contributed by atoms with Crippen molar-refractivity contribution < 1.29 is 19.9 Å². The minimum Gasteiger partial charge on any atom is -0.478 e. The molecule has 132 valence electrons. The van der Waals surface area contributed by atoms with Crippen LogP contribution in [0.25, 0.3) is 0 Å². The number of anilines is 2. The first kappa shape index (κ1) is 19.1. The SMILES string of the molecule is CC(=O)N(O)C(C)c1ccc(Cl)c(Nc2ccccc2C(=O)O)c1Cl. The van der Waals surface area contributed by atoms with Crippen LogP contribution in [0.5, 0.6) is 0 Å². The number of carboxylic acids is 1. The second-order valence-electron chi connectivity index (χ2n) is 5.34. The number of aromatic carboxylic acids is 1. The zero-order chi connectivity index (χ0) is 18.7. The Morgan fingerprint density at radius 1 is 1.16 bits per heavy atom. The van der Waals surface area contributed by atoms with E-state index in [1.165, 1.54) is 13.0 Å². The third kappa shape index (κ3) is 4.04. The number of hydrogen-bond acceptors (Lipinski definition) is 4. The van der Waals surface area contributed by atoms with Gasteiger partial charge in [-0.05, 0) is 30.7 Å². The van der Waals surface area contributed by atoms with Crippen LogP contribution in [0.2, 0.25) is 10.0 Å². The quantitative estimate of drug-likeness (QED) is 0.513. The summed E-state index contributed by atoms with van der Waals surface area (Å²) in [6.07, 6.45) is 0. The predicted octanol–water partition coefficient (Wildman–Crippen LogP) is 4.73. The molecule has 0 saturated heterocycles. The highest BCUT2D eigenvalue weighted by Crippen LogP contribution is 2.39. The topological polar surface area (TPSA) is 89.9 Å². The van der Waals surface area contributed by atoms with E-state index in [0.29, 0.717) is 22.0 Å². The Bertz CT molecular complexity index is 826. The molecule has 0 radical (unpaired) electrons. The molecule has 1 unspecified atom stereocenters. The zero-order valence-electron chi connectivity index (χ0n) is 13.5. The zero-order valence-corrected chi connectivity index (χ0v) is 15.0. The van der Waals surface area contributed by atoms with Gasteiger partial charge in [0.25, 0.3) is 0 Å². The summed E-state index contributed by atoms with van der Waals surface area (Å²) in [4.78, 5) is 22.7. The molecule has 2 aromatic rings. The third-order valence-electron chi connectivity index (χ3n) is 3.68. The van der Waals surface area contributed by atoms with Gasteiger partial charge in [-0.2, -0.15) is 0 Å². The summed E-state index contributed by atoms with van der Waals surface area (Å²) in [6.45, 7) is 2.83. The van der Waals surface area contributed by atoms with Crippen molar-refractivity contribution in [1.29, 1.82) is 0 Å². The Morgan fingerprint density at radius 2 is 1.80 bits per heavy atom. The number of nitrogens with zero attached hydrogens (tertiary/aromatic N) is 1. The van der Waals surface area contributed by atoms with Crippen molar-refractivity contribution in [2.45, 2.75) is 19.9 Å². The maximum atomic E-state index is 11.4. The lowest BCUT2D eigenvalue weighted by atomic mass is 10.1. The van der Waals surface area contributed by atoms with Gasteiger partial charge >= 0.3 is 5.97 Å². The molecule has 2 rings (SSSR count). The summed E-state index contributed by atoms with van der Waals surface area (Å²) in [5, 5.41) is 23.0. The van der Waals surface area contributed by atoms with E-state index in [1.54, 1.807) is 37.3 Å². The lowest BCUT2D eigenvalue weighted by Crippen LogP contribution is -2.28. The van der Waals surface area contributed by atoms with Crippen LogP contribution in [0.1, 0.15) is 35.8 Å². The molecule has 0 bridgehead atoms. The Kier molecular flexibility index (Phi) is 5.89. The Labute approximate surface area is 154 Å². The fourth-order valence-corrected chi connectivity index (χ4v) is 2.95. The molecule has 6 nitrogen and oxygen atoms in total. The molecule has 0 aliphatic rings. The second kappa shape index (κ2) is 7.74. The maximum Gasteiger partial charge on any atom is 0.337 e. The van der Waals surface area contributed by atoms with Crippen molar-refractivity contribution >= 4 is 46.5 Å². The number of rotatable bonds is 5. The number of benzene rings is 2. The van der Waals surface area contributed by atoms with Crippen molar-refractivity contribution in [2.24, 2.45) is 0 Å². The van der Waals surface area contributed by atoms with Crippen molar-refractivity contribution in [1.82, 2.24) is 5.06 Å². The van der Waals surface area contributed by atoms with E-state index in [0.717, 1.165) is 0 Å². The molecular formula is C17H16Cl2N2O4. The minimum absolute atomic E-state index is 0.0561. The van der Waals surface area contributed by atoms with Crippen LogP contribution in [0, 0.1) is 0 Å². The van der Waals surface area contributed by atoms with Crippen LogP contribution < -0.4 is 5.32 Å². The molecule has 0 fully saturated rings. The molecular weight excluding hydrogens is 367 g/mol. The smallest absolute Gasteiger partial charge is 0.337 e. The van der Waals surface area contributed by atoms with Crippen molar-refractivity contribution in [3.8, 4) is 0 Å². The largest absolute Gasteiger partial charge is 0.478 e. The number of carbonyl (C=O) groups excluding carboxylic acids is 1. The third-order valence-corrected chi connectivity index (χ3v) is 4.40. The van der Waals surface area contributed by atoms with E-state index in [1.807, 2.05) is 0 Å². The first-order valence-electron chi connectivity index (χ1n) is 7.30. The van der Waals surface area contributed by atoms with Gasteiger partial charge in [0.1, 0.15) is 0 Å². The number of hydrogen-bond donors (Lipinski definition) is 3. The van der Waals surface area contributed by atoms with Crippen molar-refractivity contribution in [3.05, 3.63) is 57.6 Å². The van der Waals surface area contributed by atoms with Crippen LogP contribution >= 0.6 is 23.2 Å². The maximum absolute atomic E-state index is 11.4. The highest BCUT2D eigenvalue weighted by molar-refractivity contribution is 6.39. The van der Waals surface area contributed by atoms with Gasteiger partial charge in [-0.25, -0.2) is 9.86 Å². The van der Waals surface area contributed by atoms with Gasteiger partial charge < -0.3 is 10.4 Å². The Balaban J connectivity index is 2.48. The van der Waals surface area contributed by atoms with Gasteiger partial charge in [-0.15, -0.1) is 0 Å². The molecule has 8 heteroatoms. The summed E-state index contributed by atoms with van der Waals surface area (Å²) in [6, 6.07) is 8.75. The lowest BCUT2D eigenvalue weighted by molar-refractivity contribution is -0.172. The normalized spacial score (nSPS) is 11.7. The van der Waals surface area contributed by atoms with E-state index in [9.17, 15) is 19.9 Å². The van der Waals surface area contributed by atoms with Gasteiger partial charge in [0.15, 0.2) is 0 Å². The average molecular weight is 383 g/mol. The lowest BCUT2D eigenvalue weighted by Gasteiger charge is -2.24. The first-order valence-corrected chi connectivity index (χ1v) is 8.05. The van der Waals surface area contributed by atoms with E-state index in [-0.39, 0.29) is 15.6 Å². The van der Waals surface area contributed by atoms with E-state index in [2.05, 4.69) is 5.32 Å². The Morgan fingerprint density at radius 3 is 2.40 bits per heavy atom. The molecule has 0 heterocycles. The molecule has 25 heavy (non-hydrogen) atoms. The van der Waals surface area contributed by atoms with Crippen LogP contribution in [-0.2, 0) is 4.79 Å². The molecule has 2 aromatic carbocycles. The van der Waals surface area contributed by atoms with Crippen LogP contribution in [0.15, 0.2) is 36.4 Å². The minimum atomic E-state index is -1.10. The number of carbonyl (C=O) groups is 2. The van der Waals surface area contributed by atoms with Crippen molar-refractivity contribution in [2.75, 3.05) is 5.32 Å². The van der Waals surface area contributed by atoms with Gasteiger partial charge in [0, 0.05) is 6.92 Å². The fraction of sp³-hybridized carbons (Fsp3) is 0.176. The number of nitrogens with one attached hydrogen (secondary N) is 1. The van der Waals surface area contributed by atoms with Gasteiger partial charge in [0.2, 0.25) is 5.91 Å². The van der Waals surface area contributed by atoms with E-state index >= 15 is 0 Å². The predicted molar refractivity (Wildman–Crippen MR) is 95.9 cm³/mol. The molecule has 1 amide bonds. The number of carboxylic acid groups (broad SMARTS) is 1. The highest BCUT2D eigenvalue weighted by atomic mass is 35.5. The number of hydroxylamine groups is 2.